The summed E-state index contributed by atoms with van der Waals surface area (Å²) in [5.41, 5.74) is 5.17. The van der Waals surface area contributed by atoms with Crippen LogP contribution in [0.15, 0.2) is 0 Å². The molecule has 4 amide bonds. The second kappa shape index (κ2) is 3.88. The van der Waals surface area contributed by atoms with Crippen molar-refractivity contribution in [2.75, 3.05) is 6.61 Å². The average molecular weight is 242 g/mol. The van der Waals surface area contributed by atoms with Crippen LogP contribution in [0.4, 0.5) is 4.79 Å². The van der Waals surface area contributed by atoms with Gasteiger partial charge in [0.05, 0.1) is 6.04 Å². The van der Waals surface area contributed by atoms with Crippen molar-refractivity contribution in [3.63, 3.8) is 0 Å². The summed E-state index contributed by atoms with van der Waals surface area (Å²) in [7, 11) is 0. The largest absolute Gasteiger partial charge is 0.350 e. The van der Waals surface area contributed by atoms with E-state index in [0.29, 0.717) is 0 Å². The van der Waals surface area contributed by atoms with Crippen LogP contribution in [0.5, 0.6) is 0 Å². The fraction of sp³-hybridized carbons (Fsp3) is 0.667. The SMILES string of the molecule is CC1NC(=O)C(C)N2C(=O)CON(C(N)=O)C12. The molecule has 2 aliphatic rings. The molecule has 0 spiro atoms. The molecule has 2 heterocycles. The zero-order valence-corrected chi connectivity index (χ0v) is 9.54. The van der Waals surface area contributed by atoms with E-state index in [9.17, 15) is 14.4 Å². The lowest BCUT2D eigenvalue weighted by molar-refractivity contribution is -0.233. The van der Waals surface area contributed by atoms with Gasteiger partial charge in [-0.25, -0.2) is 4.79 Å². The van der Waals surface area contributed by atoms with Crippen LogP contribution in [0.2, 0.25) is 0 Å². The number of urea groups is 1. The number of rotatable bonds is 0. The first-order valence-electron chi connectivity index (χ1n) is 5.26. The van der Waals surface area contributed by atoms with Crippen molar-refractivity contribution in [1.29, 1.82) is 0 Å². The normalized spacial score (nSPS) is 33.2. The third-order valence-corrected chi connectivity index (χ3v) is 2.97. The third kappa shape index (κ3) is 1.70. The Morgan fingerprint density at radius 1 is 1.47 bits per heavy atom. The molecule has 0 aromatic carbocycles. The first-order chi connectivity index (χ1) is 7.93. The van der Waals surface area contributed by atoms with Crippen molar-refractivity contribution in [2.45, 2.75) is 32.1 Å². The zero-order valence-electron chi connectivity index (χ0n) is 9.54. The highest BCUT2D eigenvalue weighted by Crippen LogP contribution is 2.23. The third-order valence-electron chi connectivity index (χ3n) is 2.97. The Morgan fingerprint density at radius 3 is 2.71 bits per heavy atom. The first-order valence-corrected chi connectivity index (χ1v) is 5.26. The van der Waals surface area contributed by atoms with Gasteiger partial charge in [0.1, 0.15) is 6.04 Å². The Bertz CT molecular complexity index is 385. The highest BCUT2D eigenvalue weighted by atomic mass is 16.7. The second-order valence-electron chi connectivity index (χ2n) is 4.13. The number of nitrogens with two attached hydrogens (primary N) is 1. The van der Waals surface area contributed by atoms with E-state index in [4.69, 9.17) is 10.6 Å². The lowest BCUT2D eigenvalue weighted by Gasteiger charge is -2.49. The Kier molecular flexibility index (Phi) is 2.66. The van der Waals surface area contributed by atoms with Crippen molar-refractivity contribution in [2.24, 2.45) is 5.73 Å². The number of amides is 4. The molecule has 2 fully saturated rings. The van der Waals surface area contributed by atoms with Gasteiger partial charge in [-0.3, -0.25) is 14.4 Å². The molecule has 0 bridgehead atoms. The summed E-state index contributed by atoms with van der Waals surface area (Å²) < 4.78 is 0. The van der Waals surface area contributed by atoms with E-state index in [1.165, 1.54) is 4.90 Å². The Labute approximate surface area is 97.6 Å². The fourth-order valence-electron chi connectivity index (χ4n) is 2.17. The van der Waals surface area contributed by atoms with Crippen LogP contribution in [-0.4, -0.2) is 52.7 Å². The molecule has 0 saturated carbocycles. The number of carbonyl (C=O) groups excluding carboxylic acids is 3. The quantitative estimate of drug-likeness (QED) is 0.532. The van der Waals surface area contributed by atoms with E-state index >= 15 is 0 Å². The molecule has 17 heavy (non-hydrogen) atoms. The molecule has 3 unspecified atom stereocenters. The molecule has 3 N–H and O–H groups in total. The van der Waals surface area contributed by atoms with Crippen molar-refractivity contribution in [3.8, 4) is 0 Å². The van der Waals surface area contributed by atoms with Crippen molar-refractivity contribution in [1.82, 2.24) is 15.3 Å². The van der Waals surface area contributed by atoms with Gasteiger partial charge in [-0.15, -0.1) is 0 Å². The second-order valence-corrected chi connectivity index (χ2v) is 4.13. The van der Waals surface area contributed by atoms with Crippen LogP contribution in [0.3, 0.4) is 0 Å². The molecule has 3 atom stereocenters. The number of piperazine rings is 1. The number of carbonyl (C=O) groups is 3. The molecule has 8 nitrogen and oxygen atoms in total. The zero-order chi connectivity index (χ0) is 12.7. The molecule has 0 aromatic heterocycles. The molecule has 0 radical (unpaired) electrons. The van der Waals surface area contributed by atoms with Gasteiger partial charge < -0.3 is 16.0 Å². The molecule has 0 aliphatic carbocycles. The van der Waals surface area contributed by atoms with E-state index < -0.39 is 24.3 Å². The number of nitrogens with one attached hydrogen (secondary N) is 1. The van der Waals surface area contributed by atoms with Gasteiger partial charge in [-0.05, 0) is 13.8 Å². The predicted molar refractivity (Wildman–Crippen MR) is 55.1 cm³/mol. The predicted octanol–water partition coefficient (Wildman–Crippen LogP) is -1.63. The first kappa shape index (κ1) is 11.6. The summed E-state index contributed by atoms with van der Waals surface area (Å²) in [6.45, 7) is 2.99. The Morgan fingerprint density at radius 2 is 2.12 bits per heavy atom. The van der Waals surface area contributed by atoms with Crippen LogP contribution >= 0.6 is 0 Å². The summed E-state index contributed by atoms with van der Waals surface area (Å²) >= 11 is 0. The van der Waals surface area contributed by atoms with Gasteiger partial charge in [-0.2, -0.15) is 5.06 Å². The molecule has 2 saturated heterocycles. The van der Waals surface area contributed by atoms with E-state index in [1.807, 2.05) is 0 Å². The van der Waals surface area contributed by atoms with Crippen molar-refractivity contribution in [3.05, 3.63) is 0 Å². The fourth-order valence-corrected chi connectivity index (χ4v) is 2.17. The van der Waals surface area contributed by atoms with Gasteiger partial charge >= 0.3 is 6.03 Å². The van der Waals surface area contributed by atoms with E-state index in [1.54, 1.807) is 13.8 Å². The van der Waals surface area contributed by atoms with Gasteiger partial charge in [0.15, 0.2) is 12.8 Å². The molecule has 0 aromatic rings. The Hall–Kier alpha value is -1.83. The maximum atomic E-state index is 11.7. The van der Waals surface area contributed by atoms with Gasteiger partial charge in [0, 0.05) is 0 Å². The van der Waals surface area contributed by atoms with Gasteiger partial charge in [0.2, 0.25) is 5.91 Å². The summed E-state index contributed by atoms with van der Waals surface area (Å²) in [6.07, 6.45) is -0.693. The van der Waals surface area contributed by atoms with Crippen LogP contribution in [0.1, 0.15) is 13.8 Å². The summed E-state index contributed by atoms with van der Waals surface area (Å²) in [6, 6.07) is -1.87. The highest BCUT2D eigenvalue weighted by Gasteiger charge is 2.48. The summed E-state index contributed by atoms with van der Waals surface area (Å²) in [5.74, 6) is -0.588. The van der Waals surface area contributed by atoms with E-state index in [-0.39, 0.29) is 18.4 Å². The molecule has 94 valence electrons. The minimum Gasteiger partial charge on any atom is -0.350 e. The molecule has 2 rings (SSSR count). The lowest BCUT2D eigenvalue weighted by Crippen LogP contribution is -2.74. The monoisotopic (exact) mass is 242 g/mol. The van der Waals surface area contributed by atoms with Crippen molar-refractivity contribution < 1.29 is 19.2 Å². The van der Waals surface area contributed by atoms with Crippen LogP contribution in [0.25, 0.3) is 0 Å². The summed E-state index contributed by atoms with van der Waals surface area (Å²) in [4.78, 5) is 40.9. The average Bonchev–Trinajstić information content (AvgIpc) is 2.25. The number of hydroxylamine groups is 2. The Balaban J connectivity index is 2.35. The highest BCUT2D eigenvalue weighted by molar-refractivity contribution is 5.90. The minimum atomic E-state index is -0.789. The van der Waals surface area contributed by atoms with Crippen LogP contribution in [-0.2, 0) is 14.4 Å². The van der Waals surface area contributed by atoms with Crippen LogP contribution in [0, 0.1) is 0 Å². The number of hydrogen-bond donors (Lipinski definition) is 2. The lowest BCUT2D eigenvalue weighted by atomic mass is 10.1. The van der Waals surface area contributed by atoms with E-state index in [0.717, 1.165) is 5.06 Å². The van der Waals surface area contributed by atoms with Crippen molar-refractivity contribution >= 4 is 17.8 Å². The maximum Gasteiger partial charge on any atom is 0.340 e. The number of hydrogen-bond acceptors (Lipinski definition) is 4. The van der Waals surface area contributed by atoms with Crippen LogP contribution < -0.4 is 11.1 Å². The molecule has 8 heteroatoms. The van der Waals surface area contributed by atoms with Gasteiger partial charge in [-0.1, -0.05) is 0 Å². The number of fused-ring (bicyclic) bond motifs is 1. The smallest absolute Gasteiger partial charge is 0.340 e. The standard InChI is InChI=1S/C9H14N4O4/c1-4-8-12(5(2)7(15)11-4)6(14)3-17-13(8)9(10)16/h4-5,8H,3H2,1-2H3,(H2,10,16)(H,11,15). The molecule has 2 aliphatic heterocycles. The molecular formula is C9H14N4O4. The van der Waals surface area contributed by atoms with Gasteiger partial charge in [0.25, 0.3) is 5.91 Å². The maximum absolute atomic E-state index is 11.7. The number of primary amides is 1. The topological polar surface area (TPSA) is 105 Å². The van der Waals surface area contributed by atoms with E-state index in [2.05, 4.69) is 5.32 Å². The minimum absolute atomic E-state index is 0.256. The molecular weight excluding hydrogens is 228 g/mol. The summed E-state index contributed by atoms with van der Waals surface area (Å²) in [5, 5.41) is 3.60. The number of nitrogens with zero attached hydrogens (tertiary/aromatic N) is 2.